The average molecular weight is 399 g/mol. The molecule has 5 rings (SSSR count). The van der Waals surface area contributed by atoms with E-state index < -0.39 is 0 Å². The van der Waals surface area contributed by atoms with Gasteiger partial charge < -0.3 is 9.72 Å². The minimum Gasteiger partial charge on any atom is -0.497 e. The summed E-state index contributed by atoms with van der Waals surface area (Å²) >= 11 is 0. The average Bonchev–Trinajstić information content (AvgIpc) is 2.79. The van der Waals surface area contributed by atoms with E-state index in [4.69, 9.17) is 14.7 Å². The first kappa shape index (κ1) is 18.4. The van der Waals surface area contributed by atoms with Crippen LogP contribution < -0.4 is 10.3 Å². The van der Waals surface area contributed by atoms with Gasteiger partial charge in [0.2, 0.25) is 0 Å². The fourth-order valence-corrected chi connectivity index (χ4v) is 3.84. The Bertz CT molecular complexity index is 1270. The quantitative estimate of drug-likeness (QED) is 0.568. The number of hydrogen-bond donors (Lipinski definition) is 1. The maximum absolute atomic E-state index is 12.6. The van der Waals surface area contributed by atoms with Gasteiger partial charge >= 0.3 is 0 Å². The zero-order valence-corrected chi connectivity index (χ0v) is 16.6. The van der Waals surface area contributed by atoms with Crippen LogP contribution in [0.1, 0.15) is 17.0 Å². The summed E-state index contributed by atoms with van der Waals surface area (Å²) in [6.07, 6.45) is 2.37. The van der Waals surface area contributed by atoms with Crippen LogP contribution in [0.3, 0.4) is 0 Å². The summed E-state index contributed by atoms with van der Waals surface area (Å²) in [6, 6.07) is 15.6. The molecule has 1 aromatic carbocycles. The third kappa shape index (κ3) is 3.55. The van der Waals surface area contributed by atoms with Crippen molar-refractivity contribution in [1.29, 1.82) is 0 Å². The van der Waals surface area contributed by atoms with E-state index in [1.54, 1.807) is 13.3 Å². The summed E-state index contributed by atoms with van der Waals surface area (Å²) in [5.74, 6) is 1.34. The maximum atomic E-state index is 12.6. The van der Waals surface area contributed by atoms with Crippen LogP contribution in [0.2, 0.25) is 0 Å². The van der Waals surface area contributed by atoms with Crippen LogP contribution in [-0.4, -0.2) is 38.5 Å². The van der Waals surface area contributed by atoms with Gasteiger partial charge in [-0.25, -0.2) is 4.98 Å². The highest BCUT2D eigenvalue weighted by molar-refractivity contribution is 5.80. The van der Waals surface area contributed by atoms with Gasteiger partial charge in [-0.3, -0.25) is 19.7 Å². The van der Waals surface area contributed by atoms with Crippen molar-refractivity contribution in [2.75, 3.05) is 13.7 Å². The second kappa shape index (κ2) is 7.68. The molecule has 0 radical (unpaired) electrons. The van der Waals surface area contributed by atoms with Crippen molar-refractivity contribution < 1.29 is 4.74 Å². The minimum absolute atomic E-state index is 0.0712. The summed E-state index contributed by atoms with van der Waals surface area (Å²) in [5.41, 5.74) is 4.11. The number of aromatic nitrogens is 4. The molecule has 4 aromatic rings. The number of pyridine rings is 2. The molecule has 0 saturated heterocycles. The number of benzene rings is 1. The van der Waals surface area contributed by atoms with Gasteiger partial charge in [0.15, 0.2) is 5.82 Å². The highest BCUT2D eigenvalue weighted by Gasteiger charge is 2.22. The zero-order chi connectivity index (χ0) is 20.5. The standard InChI is InChI=1S/C23H21N5O2/c1-30-17-7-8-19-15(12-17)5-6-16(25-19)13-28-11-9-18-21(14-28)26-22(27-23(18)29)20-4-2-3-10-24-20/h2-8,10,12H,9,11,13-14H2,1H3,(H,26,27,29). The van der Waals surface area contributed by atoms with Gasteiger partial charge in [0.05, 0.1) is 24.0 Å². The van der Waals surface area contributed by atoms with Gasteiger partial charge in [-0.1, -0.05) is 12.1 Å². The largest absolute Gasteiger partial charge is 0.497 e. The minimum atomic E-state index is -0.0712. The third-order valence-electron chi connectivity index (χ3n) is 5.40. The van der Waals surface area contributed by atoms with E-state index in [9.17, 15) is 4.79 Å². The molecule has 0 unspecified atom stereocenters. The summed E-state index contributed by atoms with van der Waals surface area (Å²) < 4.78 is 5.28. The molecule has 7 heteroatoms. The zero-order valence-electron chi connectivity index (χ0n) is 16.6. The van der Waals surface area contributed by atoms with Gasteiger partial charge in [0, 0.05) is 36.8 Å². The van der Waals surface area contributed by atoms with Crippen molar-refractivity contribution in [1.82, 2.24) is 24.8 Å². The van der Waals surface area contributed by atoms with Gasteiger partial charge in [-0.2, -0.15) is 0 Å². The van der Waals surface area contributed by atoms with Gasteiger partial charge in [-0.15, -0.1) is 0 Å². The lowest BCUT2D eigenvalue weighted by molar-refractivity contribution is 0.238. The van der Waals surface area contributed by atoms with Crippen LogP contribution >= 0.6 is 0 Å². The highest BCUT2D eigenvalue weighted by Crippen LogP contribution is 2.22. The van der Waals surface area contributed by atoms with E-state index in [-0.39, 0.29) is 5.56 Å². The molecule has 150 valence electrons. The molecule has 0 fully saturated rings. The molecular formula is C23H21N5O2. The first-order valence-corrected chi connectivity index (χ1v) is 9.89. The molecule has 0 spiro atoms. The topological polar surface area (TPSA) is 84.0 Å². The highest BCUT2D eigenvalue weighted by atomic mass is 16.5. The van der Waals surface area contributed by atoms with E-state index in [1.807, 2.05) is 42.5 Å². The van der Waals surface area contributed by atoms with Crippen LogP contribution in [0.5, 0.6) is 5.75 Å². The molecule has 0 bridgehead atoms. The van der Waals surface area contributed by atoms with E-state index in [0.717, 1.165) is 40.1 Å². The van der Waals surface area contributed by atoms with Crippen molar-refractivity contribution in [2.45, 2.75) is 19.5 Å². The number of nitrogens with one attached hydrogen (secondary N) is 1. The Morgan fingerprint density at radius 2 is 2.07 bits per heavy atom. The molecule has 3 aromatic heterocycles. The number of nitrogens with zero attached hydrogens (tertiary/aromatic N) is 4. The van der Waals surface area contributed by atoms with Crippen LogP contribution in [0, 0.1) is 0 Å². The van der Waals surface area contributed by atoms with Crippen molar-refractivity contribution in [2.24, 2.45) is 0 Å². The summed E-state index contributed by atoms with van der Waals surface area (Å²) in [5, 5.41) is 1.05. The predicted octanol–water partition coefficient (Wildman–Crippen LogP) is 2.95. The fraction of sp³-hybridized carbons (Fsp3) is 0.217. The monoisotopic (exact) mass is 399 g/mol. The molecule has 0 aliphatic carbocycles. The summed E-state index contributed by atoms with van der Waals surface area (Å²) in [6.45, 7) is 2.11. The molecule has 0 atom stereocenters. The molecule has 30 heavy (non-hydrogen) atoms. The molecule has 0 saturated carbocycles. The Labute approximate surface area is 173 Å². The van der Waals surface area contributed by atoms with Crippen molar-refractivity contribution >= 4 is 10.9 Å². The second-order valence-electron chi connectivity index (χ2n) is 7.38. The summed E-state index contributed by atoms with van der Waals surface area (Å²) in [7, 11) is 1.66. The lowest BCUT2D eigenvalue weighted by Crippen LogP contribution is -2.35. The van der Waals surface area contributed by atoms with Crippen LogP contribution in [0.4, 0.5) is 0 Å². The molecule has 0 amide bonds. The third-order valence-corrected chi connectivity index (χ3v) is 5.40. The Hall–Kier alpha value is -3.58. The number of methoxy groups -OCH3 is 1. The fourth-order valence-electron chi connectivity index (χ4n) is 3.84. The van der Waals surface area contributed by atoms with Crippen molar-refractivity contribution in [3.63, 3.8) is 0 Å². The van der Waals surface area contributed by atoms with E-state index >= 15 is 0 Å². The van der Waals surface area contributed by atoms with E-state index in [2.05, 4.69) is 20.9 Å². The van der Waals surface area contributed by atoms with Gasteiger partial charge in [-0.05, 0) is 42.8 Å². The van der Waals surface area contributed by atoms with Crippen LogP contribution in [0.15, 0.2) is 59.5 Å². The van der Waals surface area contributed by atoms with Gasteiger partial charge in [0.1, 0.15) is 11.4 Å². The summed E-state index contributed by atoms with van der Waals surface area (Å²) in [4.78, 5) is 31.5. The molecule has 1 aliphatic rings. The van der Waals surface area contributed by atoms with E-state index in [1.165, 1.54) is 0 Å². The lowest BCUT2D eigenvalue weighted by Gasteiger charge is -2.27. The molecule has 1 aliphatic heterocycles. The maximum Gasteiger partial charge on any atom is 0.254 e. The number of fused-ring (bicyclic) bond motifs is 2. The Morgan fingerprint density at radius 1 is 1.13 bits per heavy atom. The number of H-pyrrole nitrogens is 1. The van der Waals surface area contributed by atoms with Gasteiger partial charge in [0.25, 0.3) is 5.56 Å². The number of rotatable bonds is 4. The Kier molecular flexibility index (Phi) is 4.72. The number of hydrogen-bond acceptors (Lipinski definition) is 6. The Balaban J connectivity index is 1.39. The number of ether oxygens (including phenoxy) is 1. The molecule has 4 heterocycles. The van der Waals surface area contributed by atoms with Crippen LogP contribution in [-0.2, 0) is 19.5 Å². The SMILES string of the molecule is COc1ccc2nc(CN3CCc4c(nc(-c5ccccn5)[nH]c4=O)C3)ccc2c1. The predicted molar refractivity (Wildman–Crippen MR) is 114 cm³/mol. The molecule has 7 nitrogen and oxygen atoms in total. The Morgan fingerprint density at radius 3 is 2.90 bits per heavy atom. The van der Waals surface area contributed by atoms with E-state index in [0.29, 0.717) is 31.0 Å². The first-order chi connectivity index (χ1) is 14.7. The van der Waals surface area contributed by atoms with Crippen molar-refractivity contribution in [3.8, 4) is 17.3 Å². The van der Waals surface area contributed by atoms with Crippen molar-refractivity contribution in [3.05, 3.63) is 82.0 Å². The molecule has 1 N–H and O–H groups in total. The smallest absolute Gasteiger partial charge is 0.254 e. The molecular weight excluding hydrogens is 378 g/mol. The van der Waals surface area contributed by atoms with Crippen LogP contribution in [0.25, 0.3) is 22.4 Å². The lowest BCUT2D eigenvalue weighted by atomic mass is 10.1. The first-order valence-electron chi connectivity index (χ1n) is 9.89. The second-order valence-corrected chi connectivity index (χ2v) is 7.38. The normalized spacial score (nSPS) is 13.9. The number of aromatic amines is 1.